The lowest BCUT2D eigenvalue weighted by Crippen LogP contribution is -2.37. The maximum Gasteiger partial charge on any atom is 0.219 e. The van der Waals surface area contributed by atoms with Gasteiger partial charge in [0.25, 0.3) is 0 Å². The Morgan fingerprint density at radius 2 is 2.03 bits per heavy atom. The molecule has 1 aliphatic rings. The Morgan fingerprint density at radius 1 is 1.24 bits per heavy atom. The normalized spacial score (nSPS) is 14.6. The zero-order valence-electron chi connectivity index (χ0n) is 19.1. The van der Waals surface area contributed by atoms with Crippen molar-refractivity contribution < 1.29 is 9.21 Å². The summed E-state index contributed by atoms with van der Waals surface area (Å²) in [6.45, 7) is 3.13. The van der Waals surface area contributed by atoms with E-state index >= 15 is 0 Å². The number of anilines is 2. The first-order valence-electron chi connectivity index (χ1n) is 11.2. The average Bonchev–Trinajstić information content (AvgIpc) is 3.51. The number of aromatic nitrogens is 3. The van der Waals surface area contributed by atoms with Gasteiger partial charge in [-0.3, -0.25) is 14.6 Å². The van der Waals surface area contributed by atoms with Crippen LogP contribution in [0.1, 0.15) is 25.8 Å². The van der Waals surface area contributed by atoms with Crippen LogP contribution in [0.15, 0.2) is 52.2 Å². The van der Waals surface area contributed by atoms with Gasteiger partial charge in [-0.25, -0.2) is 4.98 Å². The summed E-state index contributed by atoms with van der Waals surface area (Å²) in [5.74, 6) is 1.45. The van der Waals surface area contributed by atoms with Crippen LogP contribution in [-0.2, 0) is 4.79 Å². The summed E-state index contributed by atoms with van der Waals surface area (Å²) < 4.78 is 8.29. The first-order chi connectivity index (χ1) is 16.5. The number of piperidine rings is 1. The fraction of sp³-hybridized carbons (Fsp3) is 0.292. The van der Waals surface area contributed by atoms with Crippen LogP contribution in [0.5, 0.6) is 0 Å². The van der Waals surface area contributed by atoms with Gasteiger partial charge in [0.2, 0.25) is 5.91 Å². The van der Waals surface area contributed by atoms with Gasteiger partial charge in [-0.2, -0.15) is 5.10 Å². The SMILES string of the molecule is CNc1ncc(-c2cnn(C3CCN(C(C)=O)CC3)c2)c2cc(-c3cccc(N)c3SN)oc12. The molecule has 0 atom stereocenters. The van der Waals surface area contributed by atoms with Crippen molar-refractivity contribution in [3.63, 3.8) is 0 Å². The summed E-state index contributed by atoms with van der Waals surface area (Å²) in [6.07, 6.45) is 7.53. The summed E-state index contributed by atoms with van der Waals surface area (Å²) in [7, 11) is 1.82. The molecule has 0 aliphatic carbocycles. The highest BCUT2D eigenvalue weighted by Gasteiger charge is 2.24. The molecule has 1 saturated heterocycles. The van der Waals surface area contributed by atoms with Crippen molar-refractivity contribution in [2.24, 2.45) is 5.14 Å². The van der Waals surface area contributed by atoms with Gasteiger partial charge >= 0.3 is 0 Å². The van der Waals surface area contributed by atoms with Gasteiger partial charge in [0, 0.05) is 67.2 Å². The van der Waals surface area contributed by atoms with Crippen LogP contribution in [-0.4, -0.2) is 45.7 Å². The highest BCUT2D eigenvalue weighted by Crippen LogP contribution is 2.41. The number of benzene rings is 1. The van der Waals surface area contributed by atoms with E-state index in [-0.39, 0.29) is 11.9 Å². The number of carbonyl (C=O) groups is 1. The van der Waals surface area contributed by atoms with Gasteiger partial charge in [-0.05, 0) is 43.0 Å². The van der Waals surface area contributed by atoms with Crippen LogP contribution in [0.2, 0.25) is 0 Å². The van der Waals surface area contributed by atoms with Crippen molar-refractivity contribution in [2.75, 3.05) is 31.2 Å². The predicted octanol–water partition coefficient (Wildman–Crippen LogP) is 4.13. The van der Waals surface area contributed by atoms with Crippen molar-refractivity contribution in [1.29, 1.82) is 0 Å². The number of likely N-dealkylation sites (tertiary alicyclic amines) is 1. The van der Waals surface area contributed by atoms with E-state index in [0.717, 1.165) is 64.9 Å². The van der Waals surface area contributed by atoms with Gasteiger partial charge in [-0.1, -0.05) is 6.07 Å². The molecule has 0 radical (unpaired) electrons. The van der Waals surface area contributed by atoms with E-state index in [1.165, 1.54) is 0 Å². The van der Waals surface area contributed by atoms with Crippen molar-refractivity contribution in [2.45, 2.75) is 30.7 Å². The van der Waals surface area contributed by atoms with E-state index in [0.29, 0.717) is 22.8 Å². The Labute approximate surface area is 201 Å². The summed E-state index contributed by atoms with van der Waals surface area (Å²) >= 11 is 1.10. The van der Waals surface area contributed by atoms with Crippen LogP contribution >= 0.6 is 11.9 Å². The van der Waals surface area contributed by atoms with Gasteiger partial charge in [-0.15, -0.1) is 0 Å². The number of nitrogen functional groups attached to an aromatic ring is 1. The Bertz CT molecular complexity index is 1350. The fourth-order valence-corrected chi connectivity index (χ4v) is 5.07. The highest BCUT2D eigenvalue weighted by molar-refractivity contribution is 7.97. The molecule has 0 bridgehead atoms. The first-order valence-corrected chi connectivity index (χ1v) is 12.0. The third-order valence-corrected chi connectivity index (χ3v) is 7.11. The molecule has 3 aromatic heterocycles. The minimum atomic E-state index is 0.129. The van der Waals surface area contributed by atoms with Gasteiger partial charge in [0.15, 0.2) is 11.4 Å². The first kappa shape index (κ1) is 22.3. The van der Waals surface area contributed by atoms with Crippen molar-refractivity contribution in [1.82, 2.24) is 19.7 Å². The summed E-state index contributed by atoms with van der Waals surface area (Å²) in [4.78, 5) is 18.9. The third-order valence-electron chi connectivity index (χ3n) is 6.42. The monoisotopic (exact) mass is 477 g/mol. The van der Waals surface area contributed by atoms with E-state index in [2.05, 4.69) is 21.6 Å². The lowest BCUT2D eigenvalue weighted by Gasteiger charge is -2.31. The topological polar surface area (TPSA) is 128 Å². The number of carbonyl (C=O) groups excluding carboxylic acids is 1. The smallest absolute Gasteiger partial charge is 0.219 e. The standard InChI is InChI=1S/C24H27N7O2S/c1-14(32)30-8-6-16(7-9-30)31-13-15(11-29-31)19-12-28-24(27-2)22-18(19)10-21(33-22)17-4-3-5-20(25)23(17)34-26/h3-5,10-13,16H,6-9,25-26H2,1-2H3,(H,27,28). The molecule has 1 aromatic carbocycles. The van der Waals surface area contributed by atoms with E-state index in [1.807, 2.05) is 53.3 Å². The number of hydrogen-bond acceptors (Lipinski definition) is 8. The highest BCUT2D eigenvalue weighted by atomic mass is 32.2. The molecular weight excluding hydrogens is 450 g/mol. The van der Waals surface area contributed by atoms with Crippen molar-refractivity contribution in [3.8, 4) is 22.5 Å². The minimum absolute atomic E-state index is 0.129. The molecule has 0 unspecified atom stereocenters. The van der Waals surface area contributed by atoms with Gasteiger partial charge in [0.1, 0.15) is 5.76 Å². The van der Waals surface area contributed by atoms with Crippen LogP contribution in [0.4, 0.5) is 11.5 Å². The number of nitrogens with zero attached hydrogens (tertiary/aromatic N) is 4. The Hall–Kier alpha value is -3.50. The molecule has 4 heterocycles. The number of fused-ring (bicyclic) bond motifs is 1. The van der Waals surface area contributed by atoms with Crippen molar-refractivity contribution >= 4 is 40.3 Å². The number of hydrogen-bond donors (Lipinski definition) is 3. The summed E-state index contributed by atoms with van der Waals surface area (Å²) in [6, 6.07) is 7.92. The second kappa shape index (κ2) is 9.03. The molecule has 1 fully saturated rings. The zero-order chi connectivity index (χ0) is 23.8. The van der Waals surface area contributed by atoms with E-state index < -0.39 is 0 Å². The molecule has 5 N–H and O–H groups in total. The Morgan fingerprint density at radius 3 is 2.74 bits per heavy atom. The fourth-order valence-electron chi connectivity index (χ4n) is 4.57. The number of nitrogens with one attached hydrogen (secondary N) is 1. The van der Waals surface area contributed by atoms with E-state index in [4.69, 9.17) is 15.3 Å². The molecule has 5 rings (SSSR count). The molecule has 4 aromatic rings. The maximum absolute atomic E-state index is 11.6. The van der Waals surface area contributed by atoms with Crippen LogP contribution in [0.25, 0.3) is 33.4 Å². The lowest BCUT2D eigenvalue weighted by molar-refractivity contribution is -0.130. The quantitative estimate of drug-likeness (QED) is 0.289. The number of rotatable bonds is 5. The van der Waals surface area contributed by atoms with Crippen LogP contribution in [0.3, 0.4) is 0 Å². The lowest BCUT2D eigenvalue weighted by atomic mass is 10.0. The van der Waals surface area contributed by atoms with Gasteiger partial charge in [0.05, 0.1) is 17.1 Å². The maximum atomic E-state index is 11.6. The Balaban J connectivity index is 1.53. The Kier molecular flexibility index (Phi) is 5.93. The third kappa shape index (κ3) is 3.88. The predicted molar refractivity (Wildman–Crippen MR) is 135 cm³/mol. The molecule has 1 aliphatic heterocycles. The van der Waals surface area contributed by atoms with Gasteiger partial charge < -0.3 is 20.4 Å². The molecule has 0 saturated carbocycles. The molecule has 10 heteroatoms. The molecule has 34 heavy (non-hydrogen) atoms. The molecule has 176 valence electrons. The molecular formula is C24H27N7O2S. The second-order valence-corrected chi connectivity index (χ2v) is 9.06. The number of furan rings is 1. The zero-order valence-corrected chi connectivity index (χ0v) is 19.9. The van der Waals surface area contributed by atoms with Crippen molar-refractivity contribution in [3.05, 3.63) is 42.9 Å². The minimum Gasteiger partial charge on any atom is -0.452 e. The molecule has 9 nitrogen and oxygen atoms in total. The molecule has 1 amide bonds. The number of amides is 1. The van der Waals surface area contributed by atoms with Crippen LogP contribution < -0.4 is 16.2 Å². The van der Waals surface area contributed by atoms with Crippen LogP contribution in [0, 0.1) is 0 Å². The van der Waals surface area contributed by atoms with E-state index in [1.54, 1.807) is 6.92 Å². The largest absolute Gasteiger partial charge is 0.452 e. The number of pyridine rings is 1. The van der Waals surface area contributed by atoms with E-state index in [9.17, 15) is 4.79 Å². The summed E-state index contributed by atoms with van der Waals surface area (Å²) in [5, 5.41) is 14.6. The second-order valence-electron chi connectivity index (χ2n) is 8.41. The number of nitrogens with two attached hydrogens (primary N) is 2. The molecule has 0 spiro atoms. The summed E-state index contributed by atoms with van der Waals surface area (Å²) in [5.41, 5.74) is 10.1. The average molecular weight is 478 g/mol.